The molecular formula is C18H23N5O2. The Hall–Kier alpha value is -2.41. The van der Waals surface area contributed by atoms with Crippen molar-refractivity contribution < 1.29 is 9.53 Å². The van der Waals surface area contributed by atoms with E-state index in [0.29, 0.717) is 31.4 Å². The molecule has 1 N–H and O–H groups in total. The Balaban J connectivity index is 1.38. The number of urea groups is 1. The summed E-state index contributed by atoms with van der Waals surface area (Å²) in [4.78, 5) is 18.7. The Morgan fingerprint density at radius 2 is 2.08 bits per heavy atom. The number of nitrogens with zero attached hydrogens (tertiary/aromatic N) is 4. The van der Waals surface area contributed by atoms with Gasteiger partial charge in [0.05, 0.1) is 24.4 Å². The smallest absolute Gasteiger partial charge is 0.317 e. The summed E-state index contributed by atoms with van der Waals surface area (Å²) in [5, 5.41) is 7.23. The summed E-state index contributed by atoms with van der Waals surface area (Å²) in [6, 6.07) is 9.72. The summed E-state index contributed by atoms with van der Waals surface area (Å²) in [6.45, 7) is 3.67. The lowest BCUT2D eigenvalue weighted by atomic mass is 10.1. The van der Waals surface area contributed by atoms with E-state index in [9.17, 15) is 4.79 Å². The van der Waals surface area contributed by atoms with Crippen molar-refractivity contribution in [3.05, 3.63) is 42.5 Å². The van der Waals surface area contributed by atoms with Crippen LogP contribution in [-0.2, 0) is 11.3 Å². The van der Waals surface area contributed by atoms with Gasteiger partial charge in [-0.05, 0) is 37.8 Å². The number of hydrogen-bond donors (Lipinski definition) is 1. The van der Waals surface area contributed by atoms with Gasteiger partial charge in [-0.3, -0.25) is 0 Å². The third kappa shape index (κ3) is 3.66. The van der Waals surface area contributed by atoms with Gasteiger partial charge in [-0.1, -0.05) is 18.2 Å². The molecule has 1 saturated carbocycles. The lowest BCUT2D eigenvalue weighted by molar-refractivity contribution is -0.0731. The van der Waals surface area contributed by atoms with Crippen molar-refractivity contribution in [1.29, 1.82) is 0 Å². The molecular weight excluding hydrogens is 318 g/mol. The van der Waals surface area contributed by atoms with Crippen LogP contribution >= 0.6 is 0 Å². The zero-order valence-corrected chi connectivity index (χ0v) is 14.3. The Morgan fingerprint density at radius 3 is 2.84 bits per heavy atom. The summed E-state index contributed by atoms with van der Waals surface area (Å²) in [5.41, 5.74) is 0.929. The zero-order valence-electron chi connectivity index (χ0n) is 14.3. The Bertz CT molecular complexity index is 728. The van der Waals surface area contributed by atoms with Crippen LogP contribution in [0.5, 0.6) is 0 Å². The molecule has 0 spiro atoms. The molecule has 7 nitrogen and oxygen atoms in total. The molecule has 0 bridgehead atoms. The molecule has 2 amide bonds. The first kappa shape index (κ1) is 16.1. The molecule has 0 unspecified atom stereocenters. The fourth-order valence-electron chi connectivity index (χ4n) is 3.32. The van der Waals surface area contributed by atoms with Crippen LogP contribution < -0.4 is 5.32 Å². The third-order valence-corrected chi connectivity index (χ3v) is 4.74. The van der Waals surface area contributed by atoms with Crippen molar-refractivity contribution in [1.82, 2.24) is 25.0 Å². The molecule has 2 fully saturated rings. The van der Waals surface area contributed by atoms with Crippen LogP contribution in [0.15, 0.2) is 36.7 Å². The third-order valence-electron chi connectivity index (χ3n) is 4.74. The molecule has 25 heavy (non-hydrogen) atoms. The van der Waals surface area contributed by atoms with Crippen LogP contribution in [-0.4, -0.2) is 51.0 Å². The topological polar surface area (TPSA) is 72.3 Å². The Kier molecular flexibility index (Phi) is 4.40. The molecule has 7 heteroatoms. The largest absolute Gasteiger partial charge is 0.371 e. The highest BCUT2D eigenvalue weighted by molar-refractivity contribution is 5.74. The minimum Gasteiger partial charge on any atom is -0.371 e. The maximum Gasteiger partial charge on any atom is 0.317 e. The number of benzene rings is 1. The minimum atomic E-state index is -0.0663. The van der Waals surface area contributed by atoms with Crippen LogP contribution in [0.3, 0.4) is 0 Å². The predicted molar refractivity (Wildman–Crippen MR) is 92.2 cm³/mol. The molecule has 1 saturated heterocycles. The van der Waals surface area contributed by atoms with Gasteiger partial charge in [0.25, 0.3) is 0 Å². The second-order valence-corrected chi connectivity index (χ2v) is 6.81. The molecule has 2 aromatic rings. The molecule has 4 rings (SSSR count). The van der Waals surface area contributed by atoms with Crippen molar-refractivity contribution in [2.24, 2.45) is 5.92 Å². The van der Waals surface area contributed by atoms with Gasteiger partial charge in [0, 0.05) is 13.1 Å². The first-order valence-corrected chi connectivity index (χ1v) is 8.83. The highest BCUT2D eigenvalue weighted by Gasteiger charge is 2.38. The second-order valence-electron chi connectivity index (χ2n) is 6.81. The van der Waals surface area contributed by atoms with Crippen LogP contribution in [0.2, 0.25) is 0 Å². The normalized spacial score (nSPS) is 23.5. The van der Waals surface area contributed by atoms with E-state index in [0.717, 1.165) is 5.69 Å². The van der Waals surface area contributed by atoms with E-state index in [1.807, 2.05) is 42.2 Å². The van der Waals surface area contributed by atoms with Gasteiger partial charge in [-0.25, -0.2) is 14.5 Å². The predicted octanol–water partition coefficient (Wildman–Crippen LogP) is 1.98. The Morgan fingerprint density at radius 1 is 1.28 bits per heavy atom. The van der Waals surface area contributed by atoms with Crippen molar-refractivity contribution in [3.63, 3.8) is 0 Å². The quantitative estimate of drug-likeness (QED) is 0.923. The number of morpholine rings is 1. The van der Waals surface area contributed by atoms with Crippen LogP contribution in [0.4, 0.5) is 4.79 Å². The van der Waals surface area contributed by atoms with E-state index in [1.54, 1.807) is 4.68 Å². The first-order chi connectivity index (χ1) is 12.2. The zero-order chi connectivity index (χ0) is 17.2. The lowest BCUT2D eigenvalue weighted by Gasteiger charge is -2.37. The summed E-state index contributed by atoms with van der Waals surface area (Å²) in [7, 11) is 0. The van der Waals surface area contributed by atoms with Crippen molar-refractivity contribution in [3.8, 4) is 5.69 Å². The van der Waals surface area contributed by atoms with E-state index >= 15 is 0 Å². The van der Waals surface area contributed by atoms with Gasteiger partial charge < -0.3 is 15.0 Å². The second kappa shape index (κ2) is 6.84. The number of rotatable bonds is 4. The fourth-order valence-corrected chi connectivity index (χ4v) is 3.32. The van der Waals surface area contributed by atoms with Crippen LogP contribution in [0, 0.1) is 5.92 Å². The van der Waals surface area contributed by atoms with Gasteiger partial charge in [0.1, 0.15) is 6.33 Å². The number of aromatic nitrogens is 3. The van der Waals surface area contributed by atoms with Crippen LogP contribution in [0.25, 0.3) is 5.69 Å². The highest BCUT2D eigenvalue weighted by atomic mass is 16.5. The molecule has 0 radical (unpaired) electrons. The molecule has 2 atom stereocenters. The van der Waals surface area contributed by atoms with Crippen LogP contribution in [0.1, 0.15) is 25.6 Å². The van der Waals surface area contributed by atoms with E-state index in [1.165, 1.54) is 19.2 Å². The van der Waals surface area contributed by atoms with Crippen molar-refractivity contribution >= 4 is 6.03 Å². The number of ether oxygens (including phenoxy) is 1. The van der Waals surface area contributed by atoms with Gasteiger partial charge in [0.15, 0.2) is 5.82 Å². The molecule has 1 aromatic heterocycles. The van der Waals surface area contributed by atoms with Crippen molar-refractivity contribution in [2.75, 3.05) is 13.1 Å². The maximum atomic E-state index is 12.6. The average molecular weight is 341 g/mol. The number of carbonyl (C=O) groups excluding carboxylic acids is 1. The van der Waals surface area contributed by atoms with E-state index in [2.05, 4.69) is 15.4 Å². The number of amides is 2. The van der Waals surface area contributed by atoms with Gasteiger partial charge in [-0.2, -0.15) is 5.10 Å². The van der Waals surface area contributed by atoms with E-state index in [4.69, 9.17) is 4.74 Å². The van der Waals surface area contributed by atoms with Gasteiger partial charge >= 0.3 is 6.03 Å². The maximum absolute atomic E-state index is 12.6. The Labute approximate surface area is 147 Å². The monoisotopic (exact) mass is 341 g/mol. The molecule has 132 valence electrons. The lowest BCUT2D eigenvalue weighted by Crippen LogP contribution is -2.52. The summed E-state index contributed by atoms with van der Waals surface area (Å²) < 4.78 is 7.72. The summed E-state index contributed by atoms with van der Waals surface area (Å²) in [5.74, 6) is 1.33. The number of nitrogens with one attached hydrogen (secondary N) is 1. The molecule has 1 aliphatic carbocycles. The average Bonchev–Trinajstić information content (AvgIpc) is 3.38. The summed E-state index contributed by atoms with van der Waals surface area (Å²) in [6.07, 6.45) is 4.20. The number of carbonyl (C=O) groups is 1. The molecule has 1 aliphatic heterocycles. The SMILES string of the molecule is C[C@H]1CN(C(=O)NCc2ncnn2-c2ccccc2)C[C@@H](C2CC2)O1. The fraction of sp³-hybridized carbons (Fsp3) is 0.500. The standard InChI is InChI=1S/C18H23N5O2/c1-13-10-22(11-16(25-13)14-7-8-14)18(24)19-9-17-20-12-21-23(17)15-5-3-2-4-6-15/h2-6,12-14,16H,7-11H2,1H3,(H,19,24)/t13-,16-/m0/s1. The molecule has 2 heterocycles. The first-order valence-electron chi connectivity index (χ1n) is 8.83. The van der Waals surface area contributed by atoms with Gasteiger partial charge in [-0.15, -0.1) is 0 Å². The van der Waals surface area contributed by atoms with Crippen molar-refractivity contribution in [2.45, 2.75) is 38.5 Å². The molecule has 2 aliphatic rings. The highest BCUT2D eigenvalue weighted by Crippen LogP contribution is 2.36. The number of hydrogen-bond acceptors (Lipinski definition) is 4. The van der Waals surface area contributed by atoms with Gasteiger partial charge in [0.2, 0.25) is 0 Å². The summed E-state index contributed by atoms with van der Waals surface area (Å²) >= 11 is 0. The van der Waals surface area contributed by atoms with E-state index < -0.39 is 0 Å². The minimum absolute atomic E-state index is 0.0663. The number of para-hydroxylation sites is 1. The molecule has 1 aromatic carbocycles. The van der Waals surface area contributed by atoms with E-state index in [-0.39, 0.29) is 18.2 Å².